The van der Waals surface area contributed by atoms with Crippen molar-refractivity contribution in [2.45, 2.75) is 30.8 Å². The molecule has 0 heterocycles. The topological polar surface area (TPSA) is 44.0 Å². The molecular formula is C17H19NOS. The molecule has 1 aromatic rings. The van der Waals surface area contributed by atoms with Crippen LogP contribution >= 0.6 is 11.8 Å². The number of rotatable bonds is 4. The summed E-state index contributed by atoms with van der Waals surface area (Å²) in [5.41, 5.74) is 1.50. The second kappa shape index (κ2) is 6.30. The maximum Gasteiger partial charge on any atom is 0.0996 e. The van der Waals surface area contributed by atoms with Gasteiger partial charge in [0.1, 0.15) is 0 Å². The quantitative estimate of drug-likeness (QED) is 0.856. The molecule has 1 aliphatic rings. The molecule has 2 nitrogen and oxygen atoms in total. The number of hydrogen-bond acceptors (Lipinski definition) is 3. The van der Waals surface area contributed by atoms with Gasteiger partial charge in [0.2, 0.25) is 0 Å². The van der Waals surface area contributed by atoms with Crippen LogP contribution in [0, 0.1) is 31.1 Å². The van der Waals surface area contributed by atoms with Crippen molar-refractivity contribution in [1.82, 2.24) is 0 Å². The Hall–Kier alpha value is -1.50. The van der Waals surface area contributed by atoms with Gasteiger partial charge in [-0.05, 0) is 25.5 Å². The van der Waals surface area contributed by atoms with Gasteiger partial charge in [0.05, 0.1) is 11.7 Å². The Morgan fingerprint density at radius 1 is 1.35 bits per heavy atom. The first-order valence-electron chi connectivity index (χ1n) is 6.70. The SMILES string of the molecule is Cc1ccc(C)c(SCC2(O)C=CC=CC2CC#N)c1. The second-order valence-corrected chi connectivity index (χ2v) is 6.28. The molecule has 1 aliphatic carbocycles. The molecule has 0 aromatic heterocycles. The third-order valence-electron chi connectivity index (χ3n) is 3.60. The molecule has 0 fully saturated rings. The van der Waals surface area contributed by atoms with Crippen LogP contribution < -0.4 is 0 Å². The predicted octanol–water partition coefficient (Wildman–Crippen LogP) is 3.78. The van der Waals surface area contributed by atoms with E-state index in [1.807, 2.05) is 24.3 Å². The second-order valence-electron chi connectivity index (χ2n) is 5.26. The Balaban J connectivity index is 2.12. The minimum absolute atomic E-state index is 0.130. The number of nitriles is 1. The number of thioether (sulfide) groups is 1. The lowest BCUT2D eigenvalue weighted by molar-refractivity contribution is 0.0722. The largest absolute Gasteiger partial charge is 0.384 e. The van der Waals surface area contributed by atoms with E-state index in [0.29, 0.717) is 12.2 Å². The smallest absolute Gasteiger partial charge is 0.0996 e. The van der Waals surface area contributed by atoms with E-state index < -0.39 is 5.60 Å². The minimum Gasteiger partial charge on any atom is -0.384 e. The van der Waals surface area contributed by atoms with Crippen LogP contribution in [0.5, 0.6) is 0 Å². The number of allylic oxidation sites excluding steroid dienone is 2. The molecule has 104 valence electrons. The highest BCUT2D eigenvalue weighted by Gasteiger charge is 2.34. The molecule has 0 saturated carbocycles. The zero-order chi connectivity index (χ0) is 14.6. The lowest BCUT2D eigenvalue weighted by atomic mass is 9.83. The molecule has 2 atom stereocenters. The summed E-state index contributed by atoms with van der Waals surface area (Å²) in [4.78, 5) is 1.19. The van der Waals surface area contributed by atoms with Crippen molar-refractivity contribution in [2.24, 2.45) is 5.92 Å². The first-order chi connectivity index (χ1) is 9.55. The Labute approximate surface area is 124 Å². The third-order valence-corrected chi connectivity index (χ3v) is 4.95. The summed E-state index contributed by atoms with van der Waals surface area (Å²) in [6, 6.07) is 8.50. The fourth-order valence-corrected chi connectivity index (χ4v) is 3.53. The number of hydrogen-bond donors (Lipinski definition) is 1. The Morgan fingerprint density at radius 2 is 2.15 bits per heavy atom. The van der Waals surface area contributed by atoms with Crippen LogP contribution in [0.1, 0.15) is 17.5 Å². The molecule has 0 amide bonds. The molecule has 0 radical (unpaired) electrons. The predicted molar refractivity (Wildman–Crippen MR) is 83.6 cm³/mol. The summed E-state index contributed by atoms with van der Waals surface area (Å²) in [7, 11) is 0. The van der Waals surface area contributed by atoms with Gasteiger partial charge in [-0.15, -0.1) is 11.8 Å². The molecule has 3 heteroatoms. The van der Waals surface area contributed by atoms with Crippen molar-refractivity contribution in [3.05, 3.63) is 53.6 Å². The molecule has 1 N–H and O–H groups in total. The number of benzene rings is 1. The van der Waals surface area contributed by atoms with Crippen molar-refractivity contribution in [2.75, 3.05) is 5.75 Å². The van der Waals surface area contributed by atoms with E-state index in [0.717, 1.165) is 0 Å². The van der Waals surface area contributed by atoms with Crippen LogP contribution in [-0.2, 0) is 0 Å². The van der Waals surface area contributed by atoms with E-state index in [1.165, 1.54) is 16.0 Å². The van der Waals surface area contributed by atoms with Gasteiger partial charge < -0.3 is 5.11 Å². The van der Waals surface area contributed by atoms with Crippen LogP contribution in [0.25, 0.3) is 0 Å². The average molecular weight is 285 g/mol. The number of aliphatic hydroxyl groups is 1. The Morgan fingerprint density at radius 3 is 2.90 bits per heavy atom. The first kappa shape index (κ1) is 14.9. The highest BCUT2D eigenvalue weighted by molar-refractivity contribution is 7.99. The van der Waals surface area contributed by atoms with Crippen LogP contribution in [-0.4, -0.2) is 16.5 Å². The maximum absolute atomic E-state index is 10.8. The van der Waals surface area contributed by atoms with Gasteiger partial charge in [-0.3, -0.25) is 0 Å². The summed E-state index contributed by atoms with van der Waals surface area (Å²) in [6.45, 7) is 4.15. The molecule has 20 heavy (non-hydrogen) atoms. The summed E-state index contributed by atoms with van der Waals surface area (Å²) in [5.74, 6) is 0.430. The van der Waals surface area contributed by atoms with Gasteiger partial charge in [-0.25, -0.2) is 0 Å². The van der Waals surface area contributed by atoms with E-state index in [1.54, 1.807) is 11.8 Å². The van der Waals surface area contributed by atoms with Crippen LogP contribution in [0.4, 0.5) is 0 Å². The normalized spacial score (nSPS) is 24.6. The average Bonchev–Trinajstić information content (AvgIpc) is 2.43. The first-order valence-corrected chi connectivity index (χ1v) is 7.69. The molecule has 0 spiro atoms. The Kier molecular flexibility index (Phi) is 4.69. The van der Waals surface area contributed by atoms with Crippen molar-refractivity contribution >= 4 is 11.8 Å². The lowest BCUT2D eigenvalue weighted by Gasteiger charge is -2.32. The van der Waals surface area contributed by atoms with E-state index in [-0.39, 0.29) is 5.92 Å². The summed E-state index contributed by atoms with van der Waals surface area (Å²) < 4.78 is 0. The lowest BCUT2D eigenvalue weighted by Crippen LogP contribution is -2.38. The van der Waals surface area contributed by atoms with Crippen molar-refractivity contribution < 1.29 is 5.11 Å². The van der Waals surface area contributed by atoms with Gasteiger partial charge in [0.15, 0.2) is 0 Å². The fourth-order valence-electron chi connectivity index (χ4n) is 2.27. The Bertz CT molecular complexity index is 585. The number of nitrogens with zero attached hydrogens (tertiary/aromatic N) is 1. The van der Waals surface area contributed by atoms with E-state index in [9.17, 15) is 5.11 Å². The zero-order valence-corrected chi connectivity index (χ0v) is 12.7. The van der Waals surface area contributed by atoms with Crippen molar-refractivity contribution in [3.8, 4) is 6.07 Å². The highest BCUT2D eigenvalue weighted by atomic mass is 32.2. The minimum atomic E-state index is -0.939. The summed E-state index contributed by atoms with van der Waals surface area (Å²) in [6.07, 6.45) is 7.83. The van der Waals surface area contributed by atoms with Crippen molar-refractivity contribution in [1.29, 1.82) is 5.26 Å². The zero-order valence-electron chi connectivity index (χ0n) is 11.8. The molecule has 0 saturated heterocycles. The van der Waals surface area contributed by atoms with E-state index in [2.05, 4.69) is 38.1 Å². The fraction of sp³-hybridized carbons (Fsp3) is 0.353. The standard InChI is InChI=1S/C17H19NOS/c1-13-6-7-14(2)16(11-13)20-12-17(19)9-4-3-5-15(17)8-10-18/h3-7,9,11,15,19H,8,12H2,1-2H3. The molecule has 0 bridgehead atoms. The summed E-state index contributed by atoms with van der Waals surface area (Å²) >= 11 is 1.65. The molecule has 2 unspecified atom stereocenters. The summed E-state index contributed by atoms with van der Waals surface area (Å²) in [5, 5.41) is 19.7. The number of aryl methyl sites for hydroxylation is 2. The molecular weight excluding hydrogens is 266 g/mol. The van der Waals surface area contributed by atoms with E-state index in [4.69, 9.17) is 5.26 Å². The van der Waals surface area contributed by atoms with Crippen molar-refractivity contribution in [3.63, 3.8) is 0 Å². The van der Waals surface area contributed by atoms with Gasteiger partial charge in [0, 0.05) is 23.0 Å². The molecule has 2 rings (SSSR count). The monoisotopic (exact) mass is 285 g/mol. The van der Waals surface area contributed by atoms with Gasteiger partial charge in [-0.2, -0.15) is 5.26 Å². The molecule has 1 aromatic carbocycles. The van der Waals surface area contributed by atoms with Crippen LogP contribution in [0.15, 0.2) is 47.4 Å². The van der Waals surface area contributed by atoms with Gasteiger partial charge in [0.25, 0.3) is 0 Å². The van der Waals surface area contributed by atoms with E-state index >= 15 is 0 Å². The molecule has 0 aliphatic heterocycles. The van der Waals surface area contributed by atoms with Crippen LogP contribution in [0.2, 0.25) is 0 Å². The van der Waals surface area contributed by atoms with Gasteiger partial charge in [-0.1, -0.05) is 42.0 Å². The highest BCUT2D eigenvalue weighted by Crippen LogP contribution is 2.34. The third kappa shape index (κ3) is 3.33. The van der Waals surface area contributed by atoms with Gasteiger partial charge >= 0.3 is 0 Å². The maximum atomic E-state index is 10.8. The van der Waals surface area contributed by atoms with Crippen LogP contribution in [0.3, 0.4) is 0 Å².